The second-order valence-electron chi connectivity index (χ2n) is 7.39. The monoisotopic (exact) mass is 429 g/mol. The molecular formula is C23H27NO5S. The lowest BCUT2D eigenvalue weighted by Crippen LogP contribution is -2.29. The molecule has 1 aromatic heterocycles. The van der Waals surface area contributed by atoms with Crippen LogP contribution in [0.5, 0.6) is 5.75 Å². The molecule has 3 N–H and O–H groups in total. The van der Waals surface area contributed by atoms with Crippen LogP contribution in [0, 0.1) is 0 Å². The number of aromatic hydroxyl groups is 1. The number of pyridine rings is 1. The number of benzene rings is 1. The number of nitrogens with zero attached hydrogens (tertiary/aromatic N) is 1. The Labute approximate surface area is 177 Å². The van der Waals surface area contributed by atoms with Crippen molar-refractivity contribution in [1.82, 2.24) is 4.98 Å². The average Bonchev–Trinajstić information content (AvgIpc) is 3.02. The molecule has 1 aromatic carbocycles. The van der Waals surface area contributed by atoms with Gasteiger partial charge in [-0.1, -0.05) is 36.8 Å². The second kappa shape index (κ2) is 9.55. The summed E-state index contributed by atoms with van der Waals surface area (Å²) in [7, 11) is -3.48. The first-order chi connectivity index (χ1) is 14.4. The van der Waals surface area contributed by atoms with Crippen LogP contribution in [-0.4, -0.2) is 52.4 Å². The smallest absolute Gasteiger partial charge is 0.163 e. The first-order valence-electron chi connectivity index (χ1n) is 9.99. The van der Waals surface area contributed by atoms with E-state index in [0.29, 0.717) is 29.6 Å². The summed E-state index contributed by atoms with van der Waals surface area (Å²) < 4.78 is 24.7. The third kappa shape index (κ3) is 4.80. The number of phenols is 1. The average molecular weight is 430 g/mol. The lowest BCUT2D eigenvalue weighted by atomic mass is 9.93. The van der Waals surface area contributed by atoms with Crippen LogP contribution in [0.3, 0.4) is 0 Å². The van der Waals surface area contributed by atoms with Crippen molar-refractivity contribution in [2.24, 2.45) is 0 Å². The van der Waals surface area contributed by atoms with Gasteiger partial charge in [-0.3, -0.25) is 4.98 Å². The van der Waals surface area contributed by atoms with Crippen molar-refractivity contribution in [2.75, 3.05) is 12.4 Å². The Hall–Kier alpha value is -2.48. The van der Waals surface area contributed by atoms with Crippen LogP contribution in [0.2, 0.25) is 0 Å². The van der Waals surface area contributed by atoms with E-state index in [1.165, 1.54) is 0 Å². The predicted octanol–water partition coefficient (Wildman–Crippen LogP) is 2.96. The molecule has 0 fully saturated rings. The molecule has 7 heteroatoms. The molecule has 1 aliphatic heterocycles. The molecule has 160 valence electrons. The van der Waals surface area contributed by atoms with Gasteiger partial charge in [0.05, 0.1) is 24.2 Å². The van der Waals surface area contributed by atoms with E-state index in [9.17, 15) is 23.7 Å². The molecule has 3 rings (SSSR count). The Morgan fingerprint density at radius 3 is 2.60 bits per heavy atom. The lowest BCUT2D eigenvalue weighted by Gasteiger charge is -2.19. The molecule has 0 aliphatic carbocycles. The number of sulfone groups is 1. The molecule has 0 unspecified atom stereocenters. The molecule has 0 bridgehead atoms. The number of hydrogen-bond donors (Lipinski definition) is 3. The van der Waals surface area contributed by atoms with E-state index in [1.54, 1.807) is 24.4 Å². The fourth-order valence-electron chi connectivity index (χ4n) is 3.89. The van der Waals surface area contributed by atoms with Crippen LogP contribution in [0.1, 0.15) is 37.4 Å². The van der Waals surface area contributed by atoms with Gasteiger partial charge in [-0.25, -0.2) is 8.42 Å². The van der Waals surface area contributed by atoms with Gasteiger partial charge in [0.15, 0.2) is 9.84 Å². The highest BCUT2D eigenvalue weighted by Gasteiger charge is 2.40. The molecule has 1 aliphatic rings. The summed E-state index contributed by atoms with van der Waals surface area (Å²) in [6.45, 7) is 1.33. The lowest BCUT2D eigenvalue weighted by molar-refractivity contribution is 0.190. The van der Waals surface area contributed by atoms with Gasteiger partial charge in [0, 0.05) is 11.8 Å². The van der Waals surface area contributed by atoms with Crippen molar-refractivity contribution < 1.29 is 23.7 Å². The van der Waals surface area contributed by atoms with Crippen molar-refractivity contribution >= 4 is 21.5 Å². The van der Waals surface area contributed by atoms with Gasteiger partial charge in [0.2, 0.25) is 0 Å². The summed E-state index contributed by atoms with van der Waals surface area (Å²) in [5.41, 5.74) is 3.29. The summed E-state index contributed by atoms with van der Waals surface area (Å²) in [6.07, 6.45) is 3.74. The number of rotatable bonds is 8. The number of phenolic OH excluding ortho intramolecular Hbond substituents is 1. The van der Waals surface area contributed by atoms with Crippen molar-refractivity contribution in [3.8, 4) is 5.75 Å². The normalized spacial score (nSPS) is 19.8. The summed E-state index contributed by atoms with van der Waals surface area (Å²) in [4.78, 5) is 4.39. The van der Waals surface area contributed by atoms with Gasteiger partial charge >= 0.3 is 0 Å². The van der Waals surface area contributed by atoms with E-state index in [1.807, 2.05) is 37.3 Å². The van der Waals surface area contributed by atoms with Crippen molar-refractivity contribution in [2.45, 2.75) is 37.5 Å². The maximum atomic E-state index is 12.4. The molecule has 0 saturated carbocycles. The zero-order chi connectivity index (χ0) is 21.7. The zero-order valence-electron chi connectivity index (χ0n) is 16.9. The Kier molecular flexibility index (Phi) is 7.07. The summed E-state index contributed by atoms with van der Waals surface area (Å²) in [5, 5.41) is 29.6. The van der Waals surface area contributed by atoms with Gasteiger partial charge in [0.1, 0.15) is 11.0 Å². The van der Waals surface area contributed by atoms with Crippen LogP contribution < -0.4 is 0 Å². The standard InChI is InChI=1S/C23H27NO5S/c1-2-16-15-30(28,29)22(14-25)23(16)21(27)11-10-17(19-8-5-6-12-24-19)13-18-7-3-4-9-20(18)26/h3-9,12-13,21-22,25-27H,2,10-11,14-15H2,1H3/b17-13-/t21-,22+/m1/s1. The minimum Gasteiger partial charge on any atom is -0.507 e. The van der Waals surface area contributed by atoms with Crippen molar-refractivity contribution in [1.29, 1.82) is 0 Å². The molecular weight excluding hydrogens is 402 g/mol. The van der Waals surface area contributed by atoms with E-state index in [-0.39, 0.29) is 17.9 Å². The highest BCUT2D eigenvalue weighted by atomic mass is 32.2. The van der Waals surface area contributed by atoms with E-state index in [0.717, 1.165) is 11.3 Å². The van der Waals surface area contributed by atoms with E-state index in [2.05, 4.69) is 4.98 Å². The summed E-state index contributed by atoms with van der Waals surface area (Å²) in [6, 6.07) is 12.5. The van der Waals surface area contributed by atoms with Crippen molar-refractivity contribution in [3.63, 3.8) is 0 Å². The summed E-state index contributed by atoms with van der Waals surface area (Å²) >= 11 is 0. The van der Waals surface area contributed by atoms with Gasteiger partial charge < -0.3 is 15.3 Å². The molecule has 2 heterocycles. The fraction of sp³-hybridized carbons (Fsp3) is 0.348. The molecule has 2 aromatic rings. The first kappa shape index (κ1) is 22.2. The van der Waals surface area contributed by atoms with E-state index >= 15 is 0 Å². The van der Waals surface area contributed by atoms with Gasteiger partial charge in [-0.2, -0.15) is 0 Å². The summed E-state index contributed by atoms with van der Waals surface area (Å²) in [5.74, 6) is 0.0340. The van der Waals surface area contributed by atoms with Gasteiger partial charge in [0.25, 0.3) is 0 Å². The minimum atomic E-state index is -3.48. The Bertz CT molecular complexity index is 1040. The number of para-hydroxylation sites is 1. The molecule has 0 saturated heterocycles. The quantitative estimate of drug-likeness (QED) is 0.557. The van der Waals surface area contributed by atoms with E-state index < -0.39 is 27.8 Å². The molecule has 0 spiro atoms. The maximum Gasteiger partial charge on any atom is 0.163 e. The minimum absolute atomic E-state index is 0.109. The number of aromatic nitrogens is 1. The maximum absolute atomic E-state index is 12.4. The van der Waals surface area contributed by atoms with Crippen LogP contribution in [0.4, 0.5) is 0 Å². The SMILES string of the molecule is CCC1=C([C@H](O)CC/C(=C/c2ccccc2O)c2ccccn2)[C@H](CO)S(=O)(=O)C1. The van der Waals surface area contributed by atoms with Crippen LogP contribution in [0.15, 0.2) is 59.8 Å². The second-order valence-corrected chi connectivity index (χ2v) is 9.57. The van der Waals surface area contributed by atoms with Gasteiger partial charge in [-0.15, -0.1) is 0 Å². The number of allylic oxidation sites excluding steroid dienone is 1. The highest BCUT2D eigenvalue weighted by molar-refractivity contribution is 7.92. The molecule has 2 atom stereocenters. The topological polar surface area (TPSA) is 108 Å². The largest absolute Gasteiger partial charge is 0.507 e. The fourth-order valence-corrected chi connectivity index (χ4v) is 5.88. The molecule has 0 radical (unpaired) electrons. The van der Waals surface area contributed by atoms with Crippen LogP contribution >= 0.6 is 0 Å². The highest BCUT2D eigenvalue weighted by Crippen LogP contribution is 2.34. The third-order valence-electron chi connectivity index (χ3n) is 5.46. The van der Waals surface area contributed by atoms with Crippen LogP contribution in [0.25, 0.3) is 11.6 Å². The Balaban J connectivity index is 1.88. The Morgan fingerprint density at radius 1 is 1.23 bits per heavy atom. The van der Waals surface area contributed by atoms with E-state index in [4.69, 9.17) is 0 Å². The van der Waals surface area contributed by atoms with Crippen LogP contribution in [-0.2, 0) is 9.84 Å². The number of aliphatic hydroxyl groups is 2. The number of aliphatic hydroxyl groups excluding tert-OH is 2. The molecule has 0 amide bonds. The number of hydrogen-bond acceptors (Lipinski definition) is 6. The molecule has 30 heavy (non-hydrogen) atoms. The Morgan fingerprint density at radius 2 is 1.97 bits per heavy atom. The van der Waals surface area contributed by atoms with Crippen molar-refractivity contribution in [3.05, 3.63) is 71.1 Å². The third-order valence-corrected chi connectivity index (χ3v) is 7.48. The van der Waals surface area contributed by atoms with Gasteiger partial charge in [-0.05, 0) is 54.7 Å². The molecule has 6 nitrogen and oxygen atoms in total. The first-order valence-corrected chi connectivity index (χ1v) is 11.7. The predicted molar refractivity (Wildman–Crippen MR) is 117 cm³/mol. The zero-order valence-corrected chi connectivity index (χ0v) is 17.7.